The predicted octanol–water partition coefficient (Wildman–Crippen LogP) is 8.59. The molecule has 0 fully saturated rings. The van der Waals surface area contributed by atoms with E-state index in [1.807, 2.05) is 23.7 Å². The lowest BCUT2D eigenvalue weighted by molar-refractivity contribution is 1.26. The molecule has 2 nitrogen and oxygen atoms in total. The normalized spacial score (nSPS) is 11.1. The highest BCUT2D eigenvalue weighted by Gasteiger charge is 2.18. The molecule has 0 aliphatic heterocycles. The zero-order valence-corrected chi connectivity index (χ0v) is 18.2. The van der Waals surface area contributed by atoms with E-state index in [1.54, 1.807) is 0 Å². The smallest absolute Gasteiger partial charge is 0.0824 e. The fraction of sp³-hybridized carbons (Fsp3) is 0. The minimum atomic E-state index is 1.10. The van der Waals surface area contributed by atoms with Crippen LogP contribution in [0.3, 0.4) is 0 Å². The van der Waals surface area contributed by atoms with Gasteiger partial charge in [0.05, 0.1) is 16.6 Å². The van der Waals surface area contributed by atoms with Gasteiger partial charge in [-0.05, 0) is 47.5 Å². The van der Waals surface area contributed by atoms with Gasteiger partial charge in [-0.3, -0.25) is 4.98 Å². The molecule has 152 valence electrons. The number of hydrogen-bond acceptors (Lipinski definition) is 3. The van der Waals surface area contributed by atoms with Crippen molar-refractivity contribution in [3.8, 4) is 11.1 Å². The Labute approximate surface area is 191 Å². The number of benzene rings is 4. The lowest BCUT2D eigenvalue weighted by Gasteiger charge is -2.25. The summed E-state index contributed by atoms with van der Waals surface area (Å²) in [7, 11) is 0. The lowest BCUT2D eigenvalue weighted by atomic mass is 10.0. The van der Waals surface area contributed by atoms with Gasteiger partial charge in [-0.25, -0.2) is 0 Å². The highest BCUT2D eigenvalue weighted by molar-refractivity contribution is 7.26. The molecule has 6 aromatic rings. The first-order valence-electron chi connectivity index (χ1n) is 10.6. The molecule has 0 aliphatic carbocycles. The molecule has 6 rings (SSSR count). The van der Waals surface area contributed by atoms with Crippen LogP contribution in [0.15, 0.2) is 122 Å². The van der Waals surface area contributed by atoms with Crippen LogP contribution in [-0.4, -0.2) is 4.98 Å². The van der Waals surface area contributed by atoms with Gasteiger partial charge in [0.25, 0.3) is 0 Å². The zero-order valence-electron chi connectivity index (χ0n) is 17.3. The minimum Gasteiger partial charge on any atom is -0.308 e. The number of fused-ring (bicyclic) bond motifs is 3. The van der Waals surface area contributed by atoms with Crippen molar-refractivity contribution in [3.63, 3.8) is 0 Å². The van der Waals surface area contributed by atoms with E-state index in [0.29, 0.717) is 0 Å². The summed E-state index contributed by atoms with van der Waals surface area (Å²) in [6.07, 6.45) is 3.98. The summed E-state index contributed by atoms with van der Waals surface area (Å²) in [6, 6.07) is 38.3. The predicted molar refractivity (Wildman–Crippen MR) is 137 cm³/mol. The third-order valence-corrected chi connectivity index (χ3v) is 6.95. The number of anilines is 3. The largest absolute Gasteiger partial charge is 0.308 e. The Morgan fingerprint density at radius 3 is 1.84 bits per heavy atom. The van der Waals surface area contributed by atoms with Crippen molar-refractivity contribution in [2.24, 2.45) is 0 Å². The second-order valence-corrected chi connectivity index (χ2v) is 8.77. The molecule has 0 saturated carbocycles. The molecule has 0 N–H and O–H groups in total. The van der Waals surface area contributed by atoms with Crippen LogP contribution in [0.4, 0.5) is 17.1 Å². The van der Waals surface area contributed by atoms with Crippen molar-refractivity contribution < 1.29 is 0 Å². The van der Waals surface area contributed by atoms with Crippen LogP contribution >= 0.6 is 11.3 Å². The first kappa shape index (κ1) is 18.8. The highest BCUT2D eigenvalue weighted by atomic mass is 32.1. The molecular weight excluding hydrogens is 408 g/mol. The van der Waals surface area contributed by atoms with Crippen molar-refractivity contribution in [2.75, 3.05) is 4.90 Å². The van der Waals surface area contributed by atoms with Gasteiger partial charge in [-0.15, -0.1) is 11.3 Å². The van der Waals surface area contributed by atoms with E-state index >= 15 is 0 Å². The van der Waals surface area contributed by atoms with Gasteiger partial charge < -0.3 is 4.90 Å². The van der Waals surface area contributed by atoms with Gasteiger partial charge in [-0.1, -0.05) is 72.8 Å². The number of thiophene rings is 1. The first-order chi connectivity index (χ1) is 15.9. The standard InChI is InChI=1S/C29H20N2S/c1-4-10-21(11-5-1)22-16-17-28-25(18-22)26-19-30-20-27(29(26)32-28)31(23-12-6-2-7-13-23)24-14-8-3-9-15-24/h1-20H. The maximum Gasteiger partial charge on any atom is 0.0824 e. The number of rotatable bonds is 4. The Balaban J connectivity index is 1.59. The van der Waals surface area contributed by atoms with E-state index < -0.39 is 0 Å². The SMILES string of the molecule is c1ccc(-c2ccc3sc4c(N(c5ccccc5)c5ccccc5)cncc4c3c2)cc1. The summed E-state index contributed by atoms with van der Waals surface area (Å²) in [6.45, 7) is 0. The van der Waals surface area contributed by atoms with Crippen LogP contribution in [-0.2, 0) is 0 Å². The summed E-state index contributed by atoms with van der Waals surface area (Å²) in [5.41, 5.74) is 5.80. The van der Waals surface area contributed by atoms with Crippen molar-refractivity contribution in [2.45, 2.75) is 0 Å². The number of pyridine rings is 1. The van der Waals surface area contributed by atoms with Crippen LogP contribution in [0, 0.1) is 0 Å². The molecule has 4 aromatic carbocycles. The maximum atomic E-state index is 4.67. The van der Waals surface area contributed by atoms with Crippen LogP contribution in [0.2, 0.25) is 0 Å². The van der Waals surface area contributed by atoms with Gasteiger partial charge >= 0.3 is 0 Å². The van der Waals surface area contributed by atoms with Crippen molar-refractivity contribution >= 4 is 48.6 Å². The summed E-state index contributed by atoms with van der Waals surface area (Å²) >= 11 is 1.83. The first-order valence-corrected chi connectivity index (χ1v) is 11.5. The number of aromatic nitrogens is 1. The fourth-order valence-electron chi connectivity index (χ4n) is 4.23. The number of nitrogens with zero attached hydrogens (tertiary/aromatic N) is 2. The summed E-state index contributed by atoms with van der Waals surface area (Å²) in [5, 5.41) is 2.44. The van der Waals surface area contributed by atoms with Gasteiger partial charge in [0.2, 0.25) is 0 Å². The highest BCUT2D eigenvalue weighted by Crippen LogP contribution is 2.44. The molecule has 0 saturated heterocycles. The van der Waals surface area contributed by atoms with Gasteiger partial charge in [0.15, 0.2) is 0 Å². The Bertz CT molecular complexity index is 1470. The topological polar surface area (TPSA) is 16.1 Å². The van der Waals surface area contributed by atoms with Gasteiger partial charge in [0, 0.05) is 33.0 Å². The maximum absolute atomic E-state index is 4.67. The molecule has 0 bridgehead atoms. The summed E-state index contributed by atoms with van der Waals surface area (Å²) in [5.74, 6) is 0. The molecule has 32 heavy (non-hydrogen) atoms. The fourth-order valence-corrected chi connectivity index (χ4v) is 5.38. The minimum absolute atomic E-state index is 1.10. The molecule has 0 unspecified atom stereocenters. The molecule has 3 heteroatoms. The molecule has 2 heterocycles. The molecule has 0 amide bonds. The van der Waals surface area contributed by atoms with E-state index in [2.05, 4.69) is 119 Å². The van der Waals surface area contributed by atoms with Crippen molar-refractivity contribution in [1.29, 1.82) is 0 Å². The number of hydrogen-bond donors (Lipinski definition) is 0. The summed E-state index contributed by atoms with van der Waals surface area (Å²) in [4.78, 5) is 6.97. The van der Waals surface area contributed by atoms with E-state index in [9.17, 15) is 0 Å². The van der Waals surface area contributed by atoms with Crippen molar-refractivity contribution in [1.82, 2.24) is 4.98 Å². The summed E-state index contributed by atoms with van der Waals surface area (Å²) < 4.78 is 2.52. The van der Waals surface area contributed by atoms with E-state index in [1.165, 1.54) is 31.3 Å². The average Bonchev–Trinajstić information content (AvgIpc) is 3.25. The zero-order chi connectivity index (χ0) is 21.3. The Morgan fingerprint density at radius 1 is 0.562 bits per heavy atom. The molecule has 0 atom stereocenters. The van der Waals surface area contributed by atoms with Crippen LogP contribution in [0.25, 0.3) is 31.3 Å². The van der Waals surface area contributed by atoms with Crippen LogP contribution < -0.4 is 4.90 Å². The lowest BCUT2D eigenvalue weighted by Crippen LogP contribution is -2.10. The molecular formula is C29H20N2S. The quantitative estimate of drug-likeness (QED) is 0.279. The monoisotopic (exact) mass is 428 g/mol. The molecule has 2 aromatic heterocycles. The third kappa shape index (κ3) is 3.24. The average molecular weight is 429 g/mol. The van der Waals surface area contributed by atoms with Gasteiger partial charge in [0.1, 0.15) is 0 Å². The Hall–Kier alpha value is -3.95. The molecule has 0 radical (unpaired) electrons. The Kier molecular flexibility index (Phi) is 4.67. The van der Waals surface area contributed by atoms with E-state index in [-0.39, 0.29) is 0 Å². The Morgan fingerprint density at radius 2 is 1.19 bits per heavy atom. The second kappa shape index (κ2) is 7.95. The number of para-hydroxylation sites is 2. The molecule has 0 aliphatic rings. The van der Waals surface area contributed by atoms with Crippen molar-refractivity contribution in [3.05, 3.63) is 122 Å². The van der Waals surface area contributed by atoms with Crippen LogP contribution in [0.5, 0.6) is 0 Å². The van der Waals surface area contributed by atoms with E-state index in [0.717, 1.165) is 17.1 Å². The van der Waals surface area contributed by atoms with Crippen LogP contribution in [0.1, 0.15) is 0 Å². The van der Waals surface area contributed by atoms with Gasteiger partial charge in [-0.2, -0.15) is 0 Å². The molecule has 0 spiro atoms. The second-order valence-electron chi connectivity index (χ2n) is 7.72. The third-order valence-electron chi connectivity index (χ3n) is 5.74. The van der Waals surface area contributed by atoms with E-state index in [4.69, 9.17) is 0 Å².